The average molecular weight is 423 g/mol. The van der Waals surface area contributed by atoms with Gasteiger partial charge in [-0.3, -0.25) is 4.79 Å². The lowest BCUT2D eigenvalue weighted by Gasteiger charge is -2.28. The predicted molar refractivity (Wildman–Crippen MR) is 99.8 cm³/mol. The van der Waals surface area contributed by atoms with Crippen molar-refractivity contribution in [2.75, 3.05) is 26.9 Å². The normalized spacial score (nSPS) is 14.2. The highest BCUT2D eigenvalue weighted by molar-refractivity contribution is 5.87. The van der Waals surface area contributed by atoms with Gasteiger partial charge in [0.2, 0.25) is 5.82 Å². The molecule has 1 aliphatic heterocycles. The SMILES string of the molecule is COCCn1ccc2c(OCC(=O)N3CCn4c(nnc4C(F)(F)F)C3)cccc21. The van der Waals surface area contributed by atoms with Crippen LogP contribution in [0.15, 0.2) is 30.5 Å². The number of alkyl halides is 3. The third-order valence-electron chi connectivity index (χ3n) is 5.02. The van der Waals surface area contributed by atoms with E-state index in [1.807, 2.05) is 29.0 Å². The van der Waals surface area contributed by atoms with Gasteiger partial charge in [-0.2, -0.15) is 13.2 Å². The topological polar surface area (TPSA) is 74.4 Å². The smallest absolute Gasteiger partial charge is 0.451 e. The van der Waals surface area contributed by atoms with Crippen molar-refractivity contribution in [3.8, 4) is 5.75 Å². The number of carbonyl (C=O) groups excluding carboxylic acids is 1. The zero-order valence-corrected chi connectivity index (χ0v) is 16.2. The number of methoxy groups -OCH3 is 1. The number of amides is 1. The third-order valence-corrected chi connectivity index (χ3v) is 5.02. The number of halogens is 3. The van der Waals surface area contributed by atoms with Crippen molar-refractivity contribution in [1.82, 2.24) is 24.2 Å². The molecule has 0 spiro atoms. The van der Waals surface area contributed by atoms with E-state index in [1.165, 1.54) is 4.90 Å². The predicted octanol–water partition coefficient (Wildman–Crippen LogP) is 2.32. The first-order valence-electron chi connectivity index (χ1n) is 9.35. The summed E-state index contributed by atoms with van der Waals surface area (Å²) in [6.45, 7) is 1.12. The monoisotopic (exact) mass is 423 g/mol. The van der Waals surface area contributed by atoms with Crippen molar-refractivity contribution in [1.29, 1.82) is 0 Å². The van der Waals surface area contributed by atoms with Gasteiger partial charge in [-0.15, -0.1) is 10.2 Å². The van der Waals surface area contributed by atoms with Crippen LogP contribution in [0.4, 0.5) is 13.2 Å². The molecule has 0 radical (unpaired) electrons. The van der Waals surface area contributed by atoms with Crippen LogP contribution in [0.2, 0.25) is 0 Å². The van der Waals surface area contributed by atoms with Gasteiger partial charge in [-0.25, -0.2) is 0 Å². The second-order valence-corrected chi connectivity index (χ2v) is 6.88. The van der Waals surface area contributed by atoms with Crippen LogP contribution in [0.1, 0.15) is 11.6 Å². The fraction of sp³-hybridized carbons (Fsp3) is 0.421. The molecule has 1 amide bonds. The highest BCUT2D eigenvalue weighted by Crippen LogP contribution is 2.30. The first-order valence-corrected chi connectivity index (χ1v) is 9.35. The second kappa shape index (κ2) is 7.98. The van der Waals surface area contributed by atoms with E-state index in [1.54, 1.807) is 13.2 Å². The van der Waals surface area contributed by atoms with E-state index in [4.69, 9.17) is 9.47 Å². The van der Waals surface area contributed by atoms with E-state index < -0.39 is 12.0 Å². The van der Waals surface area contributed by atoms with Crippen molar-refractivity contribution in [3.05, 3.63) is 42.1 Å². The van der Waals surface area contributed by atoms with Gasteiger partial charge < -0.3 is 23.5 Å². The zero-order valence-electron chi connectivity index (χ0n) is 16.2. The zero-order chi connectivity index (χ0) is 21.3. The third kappa shape index (κ3) is 3.84. The van der Waals surface area contributed by atoms with Crippen LogP contribution in [0.5, 0.6) is 5.75 Å². The minimum absolute atomic E-state index is 0.0130. The maximum absolute atomic E-state index is 12.9. The maximum Gasteiger partial charge on any atom is 0.451 e. The van der Waals surface area contributed by atoms with Gasteiger partial charge in [0, 0.05) is 38.3 Å². The molecule has 3 heterocycles. The Kier molecular flexibility index (Phi) is 5.37. The fourth-order valence-electron chi connectivity index (χ4n) is 3.52. The molecule has 1 aliphatic rings. The van der Waals surface area contributed by atoms with E-state index in [-0.39, 0.29) is 38.0 Å². The highest BCUT2D eigenvalue weighted by atomic mass is 19.4. The summed E-state index contributed by atoms with van der Waals surface area (Å²) in [6, 6.07) is 7.48. The Bertz CT molecular complexity index is 1060. The van der Waals surface area contributed by atoms with Gasteiger partial charge in [0.15, 0.2) is 12.4 Å². The number of ether oxygens (including phenoxy) is 2. The largest absolute Gasteiger partial charge is 0.483 e. The molecule has 4 rings (SSSR count). The van der Waals surface area contributed by atoms with Gasteiger partial charge in [0.25, 0.3) is 5.91 Å². The van der Waals surface area contributed by atoms with Crippen LogP contribution in [-0.2, 0) is 35.3 Å². The molecule has 0 unspecified atom stereocenters. The first kappa shape index (κ1) is 20.2. The lowest BCUT2D eigenvalue weighted by atomic mass is 10.2. The fourth-order valence-corrected chi connectivity index (χ4v) is 3.52. The highest BCUT2D eigenvalue weighted by Gasteiger charge is 2.39. The van der Waals surface area contributed by atoms with Crippen LogP contribution in [0.3, 0.4) is 0 Å². The molecule has 0 aliphatic carbocycles. The number of benzene rings is 1. The number of nitrogens with zero attached hydrogens (tertiary/aromatic N) is 5. The van der Waals surface area contributed by atoms with Gasteiger partial charge in [0.1, 0.15) is 5.75 Å². The molecule has 0 bridgehead atoms. The molecule has 1 aromatic carbocycles. The molecule has 0 fully saturated rings. The molecule has 0 atom stereocenters. The standard InChI is InChI=1S/C19H20F3N5O3/c1-29-10-9-25-6-5-13-14(25)3-2-4-15(13)30-12-17(28)26-7-8-27-16(11-26)23-24-18(27)19(20,21)22/h2-6H,7-12H2,1H3. The molecule has 8 nitrogen and oxygen atoms in total. The van der Waals surface area contributed by atoms with Crippen molar-refractivity contribution < 1.29 is 27.4 Å². The van der Waals surface area contributed by atoms with Crippen molar-refractivity contribution >= 4 is 16.8 Å². The number of fused-ring (bicyclic) bond motifs is 2. The van der Waals surface area contributed by atoms with E-state index in [2.05, 4.69) is 10.2 Å². The Balaban J connectivity index is 1.42. The van der Waals surface area contributed by atoms with Crippen molar-refractivity contribution in [3.63, 3.8) is 0 Å². The quantitative estimate of drug-likeness (QED) is 0.609. The molecule has 160 valence electrons. The van der Waals surface area contributed by atoms with Crippen molar-refractivity contribution in [2.45, 2.75) is 25.8 Å². The lowest BCUT2D eigenvalue weighted by Crippen LogP contribution is -2.41. The molecule has 3 aromatic rings. The summed E-state index contributed by atoms with van der Waals surface area (Å²) in [6.07, 6.45) is -2.65. The summed E-state index contributed by atoms with van der Waals surface area (Å²) in [5, 5.41) is 7.68. The van der Waals surface area contributed by atoms with Crippen LogP contribution < -0.4 is 4.74 Å². The molecule has 0 saturated heterocycles. The molecule has 0 N–H and O–H groups in total. The van der Waals surface area contributed by atoms with E-state index in [0.29, 0.717) is 18.9 Å². The molecule has 0 saturated carbocycles. The van der Waals surface area contributed by atoms with Gasteiger partial charge in [-0.1, -0.05) is 6.07 Å². The van der Waals surface area contributed by atoms with Crippen LogP contribution in [0.25, 0.3) is 10.9 Å². The number of hydrogen-bond donors (Lipinski definition) is 0. The van der Waals surface area contributed by atoms with Gasteiger partial charge in [-0.05, 0) is 18.2 Å². The number of carbonyl (C=O) groups is 1. The van der Waals surface area contributed by atoms with E-state index in [9.17, 15) is 18.0 Å². The van der Waals surface area contributed by atoms with Gasteiger partial charge >= 0.3 is 6.18 Å². The van der Waals surface area contributed by atoms with E-state index in [0.717, 1.165) is 15.5 Å². The Hall–Kier alpha value is -3.08. The molecular formula is C19H20F3N5O3. The summed E-state index contributed by atoms with van der Waals surface area (Å²) in [4.78, 5) is 14.0. The summed E-state index contributed by atoms with van der Waals surface area (Å²) in [5.74, 6) is -0.685. The van der Waals surface area contributed by atoms with Crippen LogP contribution in [-0.4, -0.2) is 57.0 Å². The summed E-state index contributed by atoms with van der Waals surface area (Å²) in [5.41, 5.74) is 0.961. The van der Waals surface area contributed by atoms with Crippen molar-refractivity contribution in [2.24, 2.45) is 0 Å². The first-order chi connectivity index (χ1) is 14.4. The lowest BCUT2D eigenvalue weighted by molar-refractivity contribution is -0.148. The summed E-state index contributed by atoms with van der Waals surface area (Å²) < 4.78 is 52.7. The van der Waals surface area contributed by atoms with Gasteiger partial charge in [0.05, 0.1) is 18.7 Å². The Labute approximate surface area is 169 Å². The second-order valence-electron chi connectivity index (χ2n) is 6.88. The number of hydrogen-bond acceptors (Lipinski definition) is 5. The summed E-state index contributed by atoms with van der Waals surface area (Å²) >= 11 is 0. The average Bonchev–Trinajstić information content (AvgIpc) is 3.34. The Morgan fingerprint density at radius 1 is 1.20 bits per heavy atom. The van der Waals surface area contributed by atoms with Crippen LogP contribution >= 0.6 is 0 Å². The number of aromatic nitrogens is 4. The minimum Gasteiger partial charge on any atom is -0.483 e. The van der Waals surface area contributed by atoms with E-state index >= 15 is 0 Å². The molecular weight excluding hydrogens is 403 g/mol. The minimum atomic E-state index is -4.57. The van der Waals surface area contributed by atoms with Crippen LogP contribution in [0, 0.1) is 0 Å². The summed E-state index contributed by atoms with van der Waals surface area (Å²) in [7, 11) is 1.64. The molecule has 30 heavy (non-hydrogen) atoms. The number of rotatable bonds is 6. The Morgan fingerprint density at radius 3 is 2.80 bits per heavy atom. The maximum atomic E-state index is 12.9. The molecule has 2 aromatic heterocycles. The molecule has 11 heteroatoms. The Morgan fingerprint density at radius 2 is 2.03 bits per heavy atom.